The van der Waals surface area contributed by atoms with E-state index in [4.69, 9.17) is 25.1 Å². The van der Waals surface area contributed by atoms with E-state index in [0.717, 1.165) is 5.56 Å². The molecule has 3 rings (SSSR count). The summed E-state index contributed by atoms with van der Waals surface area (Å²) in [5.41, 5.74) is 9.27. The Labute approximate surface area is 234 Å². The number of nitrogens with one attached hydrogen (secondary N) is 2. The maximum atomic E-state index is 12.9. The first-order valence-electron chi connectivity index (χ1n) is 13.2. The second-order valence-electron chi connectivity index (χ2n) is 9.01. The molecule has 2 atom stereocenters. The number of aryl methyl sites for hydroxylation is 1. The fraction of sp³-hybridized carbons (Fsp3) is 0.290. The van der Waals surface area contributed by atoms with Gasteiger partial charge < -0.3 is 30.4 Å². The zero-order valence-corrected chi connectivity index (χ0v) is 22.8. The first-order chi connectivity index (χ1) is 19.4. The summed E-state index contributed by atoms with van der Waals surface area (Å²) in [5, 5.41) is 14.7. The highest BCUT2D eigenvalue weighted by Crippen LogP contribution is 2.30. The smallest absolute Gasteiger partial charge is 0.412 e. The number of carbonyl (C=O) groups is 2. The lowest BCUT2D eigenvalue weighted by atomic mass is 10.00. The molecule has 0 saturated heterocycles. The van der Waals surface area contributed by atoms with E-state index >= 15 is 0 Å². The number of aliphatic hydroxyl groups excluding tert-OH is 1. The molecule has 3 aromatic rings. The molecule has 212 valence electrons. The maximum absolute atomic E-state index is 12.9. The van der Waals surface area contributed by atoms with Crippen molar-refractivity contribution in [2.24, 2.45) is 0 Å². The van der Waals surface area contributed by atoms with Gasteiger partial charge in [-0.05, 0) is 74.7 Å². The number of allylic oxidation sites excluding steroid dienone is 1. The topological polar surface area (TPSA) is 132 Å². The normalized spacial score (nSPS) is 12.5. The SMILES string of the molecule is CCO[C@@H](CC/C=C/C(=O)Nc1ccccc1N)[C@@H](OC(=O)Nc1ccc(C)cc1)c1cccc(OCCO)c1. The van der Waals surface area contributed by atoms with E-state index in [2.05, 4.69) is 10.6 Å². The van der Waals surface area contributed by atoms with Gasteiger partial charge >= 0.3 is 6.09 Å². The largest absolute Gasteiger partial charge is 0.491 e. The van der Waals surface area contributed by atoms with Gasteiger partial charge in [0, 0.05) is 12.3 Å². The van der Waals surface area contributed by atoms with E-state index in [-0.39, 0.29) is 19.1 Å². The maximum Gasteiger partial charge on any atom is 0.412 e. The molecule has 0 fully saturated rings. The minimum Gasteiger partial charge on any atom is -0.491 e. The second kappa shape index (κ2) is 15.9. The molecule has 5 N–H and O–H groups in total. The Bertz CT molecular complexity index is 1260. The summed E-state index contributed by atoms with van der Waals surface area (Å²) in [6.07, 6.45) is 2.23. The fourth-order valence-electron chi connectivity index (χ4n) is 3.98. The van der Waals surface area contributed by atoms with E-state index in [1.165, 1.54) is 6.08 Å². The molecule has 2 amide bonds. The molecule has 0 bridgehead atoms. The Balaban J connectivity index is 1.73. The summed E-state index contributed by atoms with van der Waals surface area (Å²) in [7, 11) is 0. The summed E-state index contributed by atoms with van der Waals surface area (Å²) in [6, 6.07) is 21.6. The molecule has 9 heteroatoms. The molecular formula is C31H37N3O6. The van der Waals surface area contributed by atoms with Crippen LogP contribution in [0.15, 0.2) is 84.9 Å². The summed E-state index contributed by atoms with van der Waals surface area (Å²) < 4.78 is 17.5. The Kier molecular flexibility index (Phi) is 12.0. The van der Waals surface area contributed by atoms with E-state index in [1.807, 2.05) is 32.0 Å². The average molecular weight is 548 g/mol. The van der Waals surface area contributed by atoms with E-state index in [1.54, 1.807) is 60.7 Å². The number of hydrogen-bond donors (Lipinski definition) is 4. The number of hydrogen-bond acceptors (Lipinski definition) is 7. The molecule has 0 spiro atoms. The fourth-order valence-corrected chi connectivity index (χ4v) is 3.98. The lowest BCUT2D eigenvalue weighted by molar-refractivity contribution is -0.111. The number of carbonyl (C=O) groups excluding carboxylic acids is 2. The highest BCUT2D eigenvalue weighted by Gasteiger charge is 2.28. The van der Waals surface area contributed by atoms with Crippen LogP contribution in [0.4, 0.5) is 21.9 Å². The third kappa shape index (κ3) is 9.76. The number of ether oxygens (including phenoxy) is 3. The zero-order valence-electron chi connectivity index (χ0n) is 22.8. The second-order valence-corrected chi connectivity index (χ2v) is 9.01. The number of aliphatic hydroxyl groups is 1. The predicted molar refractivity (Wildman–Crippen MR) is 156 cm³/mol. The number of nitrogens with two attached hydrogens (primary N) is 1. The third-order valence-electron chi connectivity index (χ3n) is 5.90. The van der Waals surface area contributed by atoms with Gasteiger partial charge in [0.2, 0.25) is 5.91 Å². The minimum atomic E-state index is -0.769. The molecule has 0 aromatic heterocycles. The summed E-state index contributed by atoms with van der Waals surface area (Å²) in [6.45, 7) is 4.24. The van der Waals surface area contributed by atoms with Gasteiger partial charge in [-0.3, -0.25) is 10.1 Å². The lowest BCUT2D eigenvalue weighted by Gasteiger charge is -2.27. The van der Waals surface area contributed by atoms with Crippen molar-refractivity contribution in [1.29, 1.82) is 0 Å². The highest BCUT2D eigenvalue weighted by molar-refractivity contribution is 6.01. The molecule has 9 nitrogen and oxygen atoms in total. The van der Waals surface area contributed by atoms with Crippen LogP contribution < -0.4 is 21.1 Å². The van der Waals surface area contributed by atoms with Crippen LogP contribution in [0.3, 0.4) is 0 Å². The number of anilines is 3. The summed E-state index contributed by atoms with van der Waals surface area (Å²) in [4.78, 5) is 25.3. The van der Waals surface area contributed by atoms with Crippen LogP contribution in [0.2, 0.25) is 0 Å². The van der Waals surface area contributed by atoms with Crippen molar-refractivity contribution < 1.29 is 28.9 Å². The van der Waals surface area contributed by atoms with Gasteiger partial charge in [0.1, 0.15) is 12.4 Å². The molecule has 3 aromatic carbocycles. The first-order valence-corrected chi connectivity index (χ1v) is 13.2. The van der Waals surface area contributed by atoms with Crippen LogP contribution in [0.25, 0.3) is 0 Å². The molecule has 0 saturated carbocycles. The molecule has 0 heterocycles. The van der Waals surface area contributed by atoms with Crippen LogP contribution in [-0.2, 0) is 14.3 Å². The molecular weight excluding hydrogens is 510 g/mol. The average Bonchev–Trinajstić information content (AvgIpc) is 2.95. The van der Waals surface area contributed by atoms with Crippen molar-refractivity contribution in [2.75, 3.05) is 36.2 Å². The Hall–Kier alpha value is -4.34. The van der Waals surface area contributed by atoms with Gasteiger partial charge in [-0.15, -0.1) is 0 Å². The number of amides is 2. The predicted octanol–water partition coefficient (Wildman–Crippen LogP) is 5.62. The van der Waals surface area contributed by atoms with Gasteiger partial charge in [-0.25, -0.2) is 4.79 Å². The van der Waals surface area contributed by atoms with Gasteiger partial charge in [0.05, 0.1) is 24.1 Å². The van der Waals surface area contributed by atoms with Crippen LogP contribution in [0, 0.1) is 6.92 Å². The lowest BCUT2D eigenvalue weighted by Crippen LogP contribution is -2.29. The van der Waals surface area contributed by atoms with Gasteiger partial charge in [-0.1, -0.05) is 48.0 Å². The molecule has 0 aliphatic rings. The highest BCUT2D eigenvalue weighted by atomic mass is 16.6. The Morgan fingerprint density at radius 2 is 1.80 bits per heavy atom. The number of rotatable bonds is 14. The minimum absolute atomic E-state index is 0.124. The van der Waals surface area contributed by atoms with Gasteiger partial charge in [-0.2, -0.15) is 0 Å². The zero-order chi connectivity index (χ0) is 28.7. The van der Waals surface area contributed by atoms with E-state index in [9.17, 15) is 9.59 Å². The third-order valence-corrected chi connectivity index (χ3v) is 5.90. The quantitative estimate of drug-likeness (QED) is 0.152. The summed E-state index contributed by atoms with van der Waals surface area (Å²) >= 11 is 0. The monoisotopic (exact) mass is 547 g/mol. The van der Waals surface area contributed by atoms with Crippen molar-refractivity contribution in [3.63, 3.8) is 0 Å². The molecule has 0 aliphatic heterocycles. The van der Waals surface area contributed by atoms with Crippen molar-refractivity contribution in [1.82, 2.24) is 0 Å². The van der Waals surface area contributed by atoms with Crippen molar-refractivity contribution in [2.45, 2.75) is 38.9 Å². The van der Waals surface area contributed by atoms with Crippen LogP contribution in [0.5, 0.6) is 5.75 Å². The Morgan fingerprint density at radius 1 is 1.02 bits per heavy atom. The number of nitrogen functional groups attached to an aromatic ring is 1. The Morgan fingerprint density at radius 3 is 2.52 bits per heavy atom. The first kappa shape index (κ1) is 30.2. The van der Waals surface area contributed by atoms with Crippen molar-refractivity contribution in [3.8, 4) is 5.75 Å². The molecule has 0 radical (unpaired) electrons. The molecule has 40 heavy (non-hydrogen) atoms. The molecule has 0 unspecified atom stereocenters. The van der Waals surface area contributed by atoms with Crippen LogP contribution in [0.1, 0.15) is 37.0 Å². The van der Waals surface area contributed by atoms with Gasteiger partial charge in [0.15, 0.2) is 6.10 Å². The molecule has 0 aliphatic carbocycles. The van der Waals surface area contributed by atoms with Crippen molar-refractivity contribution in [3.05, 3.63) is 96.1 Å². The number of benzene rings is 3. The number of para-hydroxylation sites is 2. The van der Waals surface area contributed by atoms with Crippen LogP contribution in [-0.4, -0.2) is 43.0 Å². The van der Waals surface area contributed by atoms with Gasteiger partial charge in [0.25, 0.3) is 0 Å². The van der Waals surface area contributed by atoms with Crippen LogP contribution >= 0.6 is 0 Å². The van der Waals surface area contributed by atoms with Crippen molar-refractivity contribution >= 4 is 29.1 Å². The van der Waals surface area contributed by atoms with E-state index in [0.29, 0.717) is 47.8 Å². The summed E-state index contributed by atoms with van der Waals surface area (Å²) in [5.74, 6) is 0.232. The van der Waals surface area contributed by atoms with E-state index < -0.39 is 18.3 Å². The standard InChI is InChI=1S/C31H37N3O6/c1-3-38-28(13-6-7-14-29(36)34-27-12-5-4-11-26(27)32)30(23-9-8-10-25(21-23)39-20-19-35)40-31(37)33-24-17-15-22(2)16-18-24/h4-5,7-12,14-18,21,28,30,35H,3,6,13,19-20,32H2,1-2H3,(H,33,37)(H,34,36)/b14-7+/t28-,30-/m0/s1.